The van der Waals surface area contributed by atoms with Crippen LogP contribution in [-0.2, 0) is 4.79 Å². The number of allylic oxidation sites excluding steroid dienone is 4. The van der Waals surface area contributed by atoms with Crippen molar-refractivity contribution in [3.63, 3.8) is 0 Å². The van der Waals surface area contributed by atoms with Crippen LogP contribution in [-0.4, -0.2) is 29.8 Å². The van der Waals surface area contributed by atoms with Crippen LogP contribution in [0.1, 0.15) is 18.4 Å². The zero-order valence-electron chi connectivity index (χ0n) is 13.5. The molecule has 0 fully saturated rings. The van der Waals surface area contributed by atoms with E-state index in [0.29, 0.717) is 30.9 Å². The molecule has 2 rings (SSSR count). The average Bonchev–Trinajstić information content (AvgIpc) is 2.78. The summed E-state index contributed by atoms with van der Waals surface area (Å²) in [6, 6.07) is 4.87. The van der Waals surface area contributed by atoms with Crippen LogP contribution in [0.3, 0.4) is 0 Å². The van der Waals surface area contributed by atoms with E-state index in [-0.39, 0.29) is 11.7 Å². The van der Waals surface area contributed by atoms with Crippen molar-refractivity contribution in [2.45, 2.75) is 12.8 Å². The monoisotopic (exact) mass is 327 g/mol. The molecule has 5 nitrogen and oxygen atoms in total. The summed E-state index contributed by atoms with van der Waals surface area (Å²) in [5.74, 6) is 0.557. The highest BCUT2D eigenvalue weighted by Gasteiger charge is 2.02. The lowest BCUT2D eigenvalue weighted by Gasteiger charge is -2.04. The first-order chi connectivity index (χ1) is 11.6. The number of phenolic OH excluding ortho intramolecular Hbond substituents is 1. The van der Waals surface area contributed by atoms with Gasteiger partial charge in [0.1, 0.15) is 0 Å². The summed E-state index contributed by atoms with van der Waals surface area (Å²) in [5, 5.41) is 21.8. The smallest absolute Gasteiger partial charge is 0.244 e. The number of ether oxygens (including phenoxy) is 1. The van der Waals surface area contributed by atoms with E-state index in [1.54, 1.807) is 24.3 Å². The van der Waals surface area contributed by atoms with Gasteiger partial charge in [-0.1, -0.05) is 24.3 Å². The molecule has 0 saturated carbocycles. The molecule has 0 saturated heterocycles. The maximum Gasteiger partial charge on any atom is 0.244 e. The molecule has 0 aromatic heterocycles. The lowest BCUT2D eigenvalue weighted by molar-refractivity contribution is -0.116. The Balaban J connectivity index is 1.83. The second kappa shape index (κ2) is 8.62. The first-order valence-corrected chi connectivity index (χ1v) is 7.66. The Morgan fingerprint density at radius 1 is 1.33 bits per heavy atom. The molecule has 1 amide bonds. The number of nitrogens with one attached hydrogen (secondary N) is 1. The van der Waals surface area contributed by atoms with Crippen LogP contribution in [0.25, 0.3) is 6.08 Å². The van der Waals surface area contributed by atoms with Crippen molar-refractivity contribution >= 4 is 12.0 Å². The van der Waals surface area contributed by atoms with E-state index in [4.69, 9.17) is 4.74 Å². The summed E-state index contributed by atoms with van der Waals surface area (Å²) < 4.78 is 5.02. The number of carbonyl (C=O) groups is 1. The first kappa shape index (κ1) is 17.4. The summed E-state index contributed by atoms with van der Waals surface area (Å²) in [6.45, 7) is 0.507. The van der Waals surface area contributed by atoms with Crippen LogP contribution in [0.2, 0.25) is 0 Å². The predicted molar refractivity (Wildman–Crippen MR) is 93.9 cm³/mol. The van der Waals surface area contributed by atoms with Gasteiger partial charge in [-0.15, -0.1) is 0 Å². The second-order valence-corrected chi connectivity index (χ2v) is 5.31. The molecule has 0 heterocycles. The highest BCUT2D eigenvalue weighted by atomic mass is 16.5. The predicted octanol–water partition coefficient (Wildman–Crippen LogP) is 3.25. The van der Waals surface area contributed by atoms with E-state index in [0.717, 1.165) is 11.1 Å². The van der Waals surface area contributed by atoms with Gasteiger partial charge in [0, 0.05) is 19.0 Å². The van der Waals surface area contributed by atoms with Crippen LogP contribution < -0.4 is 10.1 Å². The lowest BCUT2D eigenvalue weighted by atomic mass is 10.1. The van der Waals surface area contributed by atoms with Gasteiger partial charge in [0.25, 0.3) is 0 Å². The fraction of sp³-hybridized carbons (Fsp3) is 0.211. The number of carbonyl (C=O) groups excluding carboxylic acids is 1. The topological polar surface area (TPSA) is 78.8 Å². The van der Waals surface area contributed by atoms with Crippen LogP contribution in [0.5, 0.6) is 11.5 Å². The number of hydrogen-bond acceptors (Lipinski definition) is 4. The maximum atomic E-state index is 11.8. The first-order valence-electron chi connectivity index (χ1n) is 7.66. The molecular weight excluding hydrogens is 306 g/mol. The molecule has 0 radical (unpaired) electrons. The van der Waals surface area contributed by atoms with Gasteiger partial charge in [-0.05, 0) is 41.8 Å². The van der Waals surface area contributed by atoms with Gasteiger partial charge in [-0.25, -0.2) is 0 Å². The van der Waals surface area contributed by atoms with Crippen LogP contribution in [0.4, 0.5) is 0 Å². The summed E-state index contributed by atoms with van der Waals surface area (Å²) >= 11 is 0. The third-order valence-electron chi connectivity index (χ3n) is 3.49. The molecule has 0 spiro atoms. The Labute approximate surface area is 141 Å². The number of hydrogen-bond donors (Lipinski definition) is 3. The van der Waals surface area contributed by atoms with Crippen LogP contribution >= 0.6 is 0 Å². The zero-order chi connectivity index (χ0) is 17.4. The number of aliphatic hydroxyl groups is 1. The molecule has 0 unspecified atom stereocenters. The summed E-state index contributed by atoms with van der Waals surface area (Å²) in [6.07, 6.45) is 11.7. The lowest BCUT2D eigenvalue weighted by Crippen LogP contribution is -2.22. The molecule has 3 N–H and O–H groups in total. The highest BCUT2D eigenvalue weighted by molar-refractivity contribution is 5.91. The Morgan fingerprint density at radius 2 is 2.17 bits per heavy atom. The van der Waals surface area contributed by atoms with Crippen molar-refractivity contribution in [1.82, 2.24) is 5.32 Å². The van der Waals surface area contributed by atoms with Gasteiger partial charge in [0.05, 0.1) is 12.9 Å². The summed E-state index contributed by atoms with van der Waals surface area (Å²) in [7, 11) is 1.47. The van der Waals surface area contributed by atoms with Crippen molar-refractivity contribution < 1.29 is 19.7 Å². The number of amides is 1. The maximum absolute atomic E-state index is 11.8. The fourth-order valence-corrected chi connectivity index (χ4v) is 2.18. The van der Waals surface area contributed by atoms with Gasteiger partial charge in [-0.3, -0.25) is 4.79 Å². The van der Waals surface area contributed by atoms with Crippen molar-refractivity contribution in [2.75, 3.05) is 13.7 Å². The second-order valence-electron chi connectivity index (χ2n) is 5.31. The van der Waals surface area contributed by atoms with E-state index in [2.05, 4.69) is 5.32 Å². The molecular formula is C19H21NO4. The van der Waals surface area contributed by atoms with Crippen LogP contribution in [0.15, 0.2) is 59.9 Å². The minimum absolute atomic E-state index is 0.0592. The quantitative estimate of drug-likeness (QED) is 0.701. The third kappa shape index (κ3) is 5.35. The molecule has 0 aliphatic heterocycles. The van der Waals surface area contributed by atoms with Crippen LogP contribution in [0, 0.1) is 0 Å². The Kier molecular flexibility index (Phi) is 6.25. The van der Waals surface area contributed by atoms with Gasteiger partial charge in [-0.2, -0.15) is 0 Å². The van der Waals surface area contributed by atoms with Gasteiger partial charge in [0.2, 0.25) is 5.91 Å². The molecule has 1 aliphatic carbocycles. The Morgan fingerprint density at radius 3 is 2.96 bits per heavy atom. The Bertz CT molecular complexity index is 714. The normalized spacial score (nSPS) is 14.0. The van der Waals surface area contributed by atoms with Gasteiger partial charge < -0.3 is 20.3 Å². The SMILES string of the molecule is COc1cc(/C=C\C(=O)NCCC2=CC=C(O)CC=C2)ccc1O. The number of benzene rings is 1. The molecule has 5 heteroatoms. The summed E-state index contributed by atoms with van der Waals surface area (Å²) in [4.78, 5) is 11.8. The molecule has 24 heavy (non-hydrogen) atoms. The standard InChI is InChI=1S/C19H21NO4/c1-24-18-13-15(6-9-17(18)22)7-10-19(23)20-12-11-14-3-2-4-16(21)8-5-14/h2-3,5-10,13,21-22H,4,11-12H2,1H3,(H,20,23)/b10-7-. The number of aromatic hydroxyl groups is 1. The zero-order valence-corrected chi connectivity index (χ0v) is 13.5. The number of aliphatic hydroxyl groups excluding tert-OH is 1. The van der Waals surface area contributed by atoms with Crippen molar-refractivity contribution in [1.29, 1.82) is 0 Å². The van der Waals surface area contributed by atoms with Crippen molar-refractivity contribution in [2.24, 2.45) is 0 Å². The molecule has 0 bridgehead atoms. The minimum Gasteiger partial charge on any atom is -0.512 e. The van der Waals surface area contributed by atoms with Gasteiger partial charge in [0.15, 0.2) is 11.5 Å². The number of phenols is 1. The number of methoxy groups -OCH3 is 1. The molecule has 1 aliphatic rings. The fourth-order valence-electron chi connectivity index (χ4n) is 2.18. The largest absolute Gasteiger partial charge is 0.512 e. The number of rotatable bonds is 6. The van der Waals surface area contributed by atoms with Crippen molar-refractivity contribution in [3.05, 3.63) is 65.5 Å². The van der Waals surface area contributed by atoms with Gasteiger partial charge >= 0.3 is 0 Å². The molecule has 126 valence electrons. The van der Waals surface area contributed by atoms with E-state index in [1.165, 1.54) is 19.3 Å². The Hall–Kier alpha value is -2.95. The molecule has 1 aromatic rings. The van der Waals surface area contributed by atoms with E-state index in [9.17, 15) is 15.0 Å². The average molecular weight is 327 g/mol. The van der Waals surface area contributed by atoms with E-state index >= 15 is 0 Å². The third-order valence-corrected chi connectivity index (χ3v) is 3.49. The highest BCUT2D eigenvalue weighted by Crippen LogP contribution is 2.26. The van der Waals surface area contributed by atoms with Crippen molar-refractivity contribution in [3.8, 4) is 11.5 Å². The van der Waals surface area contributed by atoms with E-state index in [1.807, 2.05) is 18.2 Å². The van der Waals surface area contributed by atoms with E-state index < -0.39 is 0 Å². The summed E-state index contributed by atoms with van der Waals surface area (Å²) in [5.41, 5.74) is 1.81. The molecule has 1 aromatic carbocycles. The molecule has 0 atom stereocenters. The minimum atomic E-state index is -0.196.